The Morgan fingerprint density at radius 2 is 2.36 bits per heavy atom. The largest absolute Gasteiger partial charge is 0.481 e. The Morgan fingerprint density at radius 3 is 2.91 bits per heavy atom. The molecule has 0 unspecified atom stereocenters. The Balaban J connectivity index is 3.02. The molecule has 0 aromatic carbocycles. The molecule has 0 spiro atoms. The minimum atomic E-state index is 0.329. The molecule has 0 saturated heterocycles. The lowest BCUT2D eigenvalue weighted by Gasteiger charge is -2.02. The highest BCUT2D eigenvalue weighted by Gasteiger charge is 2.00. The highest BCUT2D eigenvalue weighted by Crippen LogP contribution is 2.16. The molecule has 0 radical (unpaired) electrons. The number of ether oxygens (including phenoxy) is 1. The van der Waals surface area contributed by atoms with Gasteiger partial charge in [-0.25, -0.2) is 4.98 Å². The first-order valence-corrected chi connectivity index (χ1v) is 3.55. The van der Waals surface area contributed by atoms with Crippen LogP contribution in [0.3, 0.4) is 0 Å². The van der Waals surface area contributed by atoms with Gasteiger partial charge in [0, 0.05) is 12.6 Å². The maximum Gasteiger partial charge on any atom is 0.213 e. The van der Waals surface area contributed by atoms with Crippen LogP contribution in [-0.2, 0) is 6.54 Å². The Kier molecular flexibility index (Phi) is 2.68. The highest BCUT2D eigenvalue weighted by atomic mass is 35.5. The van der Waals surface area contributed by atoms with Crippen molar-refractivity contribution in [3.63, 3.8) is 0 Å². The standard InChI is InChI=1S/C7H9ClN2O/c1-11-7-3-2-5(8)6(4-9)10-7/h2-3H,4,9H2,1H3. The third kappa shape index (κ3) is 1.82. The summed E-state index contributed by atoms with van der Waals surface area (Å²) in [5.41, 5.74) is 6.03. The van der Waals surface area contributed by atoms with Crippen LogP contribution in [0.1, 0.15) is 5.69 Å². The van der Waals surface area contributed by atoms with Crippen molar-refractivity contribution >= 4 is 11.6 Å². The molecule has 2 N–H and O–H groups in total. The van der Waals surface area contributed by atoms with Gasteiger partial charge in [0.15, 0.2) is 0 Å². The van der Waals surface area contributed by atoms with Gasteiger partial charge in [-0.1, -0.05) is 11.6 Å². The normalized spacial score (nSPS) is 9.73. The molecule has 1 aromatic rings. The summed E-state index contributed by atoms with van der Waals surface area (Å²) in [6.45, 7) is 0.329. The van der Waals surface area contributed by atoms with Crippen molar-refractivity contribution in [2.24, 2.45) is 5.73 Å². The quantitative estimate of drug-likeness (QED) is 0.730. The fourth-order valence-corrected chi connectivity index (χ4v) is 0.904. The number of methoxy groups -OCH3 is 1. The summed E-state index contributed by atoms with van der Waals surface area (Å²) in [5, 5.41) is 0.577. The first-order chi connectivity index (χ1) is 5.27. The molecule has 0 amide bonds. The van der Waals surface area contributed by atoms with E-state index >= 15 is 0 Å². The molecule has 0 fully saturated rings. The zero-order chi connectivity index (χ0) is 8.27. The van der Waals surface area contributed by atoms with Crippen LogP contribution in [-0.4, -0.2) is 12.1 Å². The molecule has 60 valence electrons. The van der Waals surface area contributed by atoms with Gasteiger partial charge >= 0.3 is 0 Å². The van der Waals surface area contributed by atoms with Crippen LogP contribution in [0.5, 0.6) is 5.88 Å². The van der Waals surface area contributed by atoms with Crippen molar-refractivity contribution < 1.29 is 4.74 Å². The van der Waals surface area contributed by atoms with Gasteiger partial charge in [0.05, 0.1) is 17.8 Å². The van der Waals surface area contributed by atoms with Crippen molar-refractivity contribution in [1.29, 1.82) is 0 Å². The molecule has 0 atom stereocenters. The van der Waals surface area contributed by atoms with Gasteiger partial charge in [-0.05, 0) is 6.07 Å². The molecule has 3 nitrogen and oxygen atoms in total. The molecule has 4 heteroatoms. The number of nitrogens with zero attached hydrogens (tertiary/aromatic N) is 1. The van der Waals surface area contributed by atoms with E-state index in [9.17, 15) is 0 Å². The Bertz CT molecular complexity index is 252. The maximum absolute atomic E-state index is 5.76. The number of aromatic nitrogens is 1. The van der Waals surface area contributed by atoms with E-state index in [0.29, 0.717) is 23.1 Å². The number of halogens is 1. The molecule has 1 rings (SSSR count). The molecule has 0 saturated carbocycles. The fourth-order valence-electron chi connectivity index (χ4n) is 0.721. The predicted molar refractivity (Wildman–Crippen MR) is 43.7 cm³/mol. The van der Waals surface area contributed by atoms with E-state index in [2.05, 4.69) is 4.98 Å². The lowest BCUT2D eigenvalue weighted by atomic mass is 10.3. The summed E-state index contributed by atoms with van der Waals surface area (Å²) in [4.78, 5) is 4.03. The van der Waals surface area contributed by atoms with Crippen LogP contribution < -0.4 is 10.5 Å². The lowest BCUT2D eigenvalue weighted by Crippen LogP contribution is -2.01. The Hall–Kier alpha value is -0.800. The van der Waals surface area contributed by atoms with Gasteiger partial charge in [0.1, 0.15) is 0 Å². The molecule has 1 aromatic heterocycles. The summed E-state index contributed by atoms with van der Waals surface area (Å²) in [7, 11) is 1.55. The maximum atomic E-state index is 5.76. The lowest BCUT2D eigenvalue weighted by molar-refractivity contribution is 0.396. The van der Waals surface area contributed by atoms with Crippen LogP contribution in [0.4, 0.5) is 0 Å². The molecule has 0 aliphatic rings. The molecule has 0 aliphatic carbocycles. The predicted octanol–water partition coefficient (Wildman–Crippen LogP) is 1.20. The van der Waals surface area contributed by atoms with E-state index in [1.807, 2.05) is 0 Å². The van der Waals surface area contributed by atoms with Crippen molar-refractivity contribution in [3.05, 3.63) is 22.8 Å². The monoisotopic (exact) mass is 172 g/mol. The van der Waals surface area contributed by atoms with Crippen LogP contribution in [0.2, 0.25) is 5.02 Å². The third-order valence-electron chi connectivity index (χ3n) is 1.30. The average molecular weight is 173 g/mol. The minimum absolute atomic E-state index is 0.329. The second-order valence-corrected chi connectivity index (χ2v) is 2.39. The zero-order valence-corrected chi connectivity index (χ0v) is 6.93. The number of hydrogen-bond donors (Lipinski definition) is 1. The molecule has 1 heterocycles. The molecule has 0 aliphatic heterocycles. The Morgan fingerprint density at radius 1 is 1.64 bits per heavy atom. The van der Waals surface area contributed by atoms with Crippen LogP contribution in [0.15, 0.2) is 12.1 Å². The van der Waals surface area contributed by atoms with Crippen molar-refractivity contribution in [3.8, 4) is 5.88 Å². The number of hydrogen-bond acceptors (Lipinski definition) is 3. The molecular formula is C7H9ClN2O. The van der Waals surface area contributed by atoms with Gasteiger partial charge < -0.3 is 10.5 Å². The van der Waals surface area contributed by atoms with E-state index in [1.54, 1.807) is 19.2 Å². The van der Waals surface area contributed by atoms with Gasteiger partial charge in [-0.3, -0.25) is 0 Å². The summed E-state index contributed by atoms with van der Waals surface area (Å²) >= 11 is 5.76. The van der Waals surface area contributed by atoms with Crippen molar-refractivity contribution in [1.82, 2.24) is 4.98 Å². The van der Waals surface area contributed by atoms with Crippen LogP contribution in [0.25, 0.3) is 0 Å². The van der Waals surface area contributed by atoms with Gasteiger partial charge in [-0.2, -0.15) is 0 Å². The third-order valence-corrected chi connectivity index (χ3v) is 1.64. The van der Waals surface area contributed by atoms with Crippen LogP contribution in [0, 0.1) is 0 Å². The Labute approximate surface area is 70.1 Å². The second kappa shape index (κ2) is 3.55. The highest BCUT2D eigenvalue weighted by molar-refractivity contribution is 6.31. The van der Waals surface area contributed by atoms with Crippen LogP contribution >= 0.6 is 11.6 Å². The van der Waals surface area contributed by atoms with E-state index in [0.717, 1.165) is 0 Å². The van der Waals surface area contributed by atoms with E-state index < -0.39 is 0 Å². The second-order valence-electron chi connectivity index (χ2n) is 1.99. The SMILES string of the molecule is COc1ccc(Cl)c(CN)n1. The van der Waals surface area contributed by atoms with E-state index in [4.69, 9.17) is 22.1 Å². The molecular weight excluding hydrogens is 164 g/mol. The fraction of sp³-hybridized carbons (Fsp3) is 0.286. The molecule has 0 bridgehead atoms. The first-order valence-electron chi connectivity index (χ1n) is 3.17. The van der Waals surface area contributed by atoms with Crippen molar-refractivity contribution in [2.45, 2.75) is 6.54 Å². The summed E-state index contributed by atoms with van der Waals surface area (Å²) in [6.07, 6.45) is 0. The summed E-state index contributed by atoms with van der Waals surface area (Å²) in [6, 6.07) is 3.41. The topological polar surface area (TPSA) is 48.1 Å². The van der Waals surface area contributed by atoms with Gasteiger partial charge in [-0.15, -0.1) is 0 Å². The average Bonchev–Trinajstić information content (AvgIpc) is 2.05. The van der Waals surface area contributed by atoms with Gasteiger partial charge in [0.25, 0.3) is 0 Å². The number of pyridine rings is 1. The van der Waals surface area contributed by atoms with E-state index in [1.165, 1.54) is 0 Å². The smallest absolute Gasteiger partial charge is 0.213 e. The summed E-state index contributed by atoms with van der Waals surface area (Å²) < 4.78 is 4.89. The number of nitrogens with two attached hydrogens (primary N) is 1. The summed E-state index contributed by atoms with van der Waals surface area (Å²) in [5.74, 6) is 0.537. The van der Waals surface area contributed by atoms with Gasteiger partial charge in [0.2, 0.25) is 5.88 Å². The molecule has 11 heavy (non-hydrogen) atoms. The van der Waals surface area contributed by atoms with E-state index in [-0.39, 0.29) is 0 Å². The zero-order valence-electron chi connectivity index (χ0n) is 6.17. The first kappa shape index (κ1) is 8.30. The minimum Gasteiger partial charge on any atom is -0.481 e. The number of rotatable bonds is 2. The van der Waals surface area contributed by atoms with Crippen molar-refractivity contribution in [2.75, 3.05) is 7.11 Å².